The molecule has 2 aliphatic heterocycles. The quantitative estimate of drug-likeness (QED) is 0.151. The number of aromatic nitrogens is 4. The second kappa shape index (κ2) is 23.3. The van der Waals surface area contributed by atoms with E-state index in [0.29, 0.717) is 11.6 Å². The predicted molar refractivity (Wildman–Crippen MR) is 431 cm³/mol. The molecule has 2 atom stereocenters. The van der Waals surface area contributed by atoms with Gasteiger partial charge in [-0.05, 0) is 161 Å². The highest BCUT2D eigenvalue weighted by Gasteiger charge is 2.53. The highest BCUT2D eigenvalue weighted by atomic mass is 16.5. The Morgan fingerprint density at radius 3 is 0.861 bits per heavy atom. The summed E-state index contributed by atoms with van der Waals surface area (Å²) in [5.74, 6) is 4.86. The monoisotopic (exact) mass is 1370 g/mol. The Bertz CT molecular complexity index is 6150. The first-order chi connectivity index (χ1) is 53.5. The van der Waals surface area contributed by atoms with E-state index in [9.17, 15) is 0 Å². The molecule has 2 aromatic heterocycles. The zero-order valence-corrected chi connectivity index (χ0v) is 58.4. The van der Waals surface area contributed by atoms with Crippen molar-refractivity contribution in [3.05, 3.63) is 442 Å². The molecule has 15 aromatic carbocycles. The summed E-state index contributed by atoms with van der Waals surface area (Å²) in [6.45, 7) is 0. The first-order valence-corrected chi connectivity index (χ1v) is 37.2. The molecule has 0 N–H and O–H groups in total. The van der Waals surface area contributed by atoms with Crippen molar-refractivity contribution < 1.29 is 9.47 Å². The zero-order valence-electron chi connectivity index (χ0n) is 58.4. The van der Waals surface area contributed by atoms with Crippen LogP contribution in [-0.2, 0) is 10.8 Å². The van der Waals surface area contributed by atoms with Crippen LogP contribution in [0, 0.1) is 0 Å². The van der Waals surface area contributed by atoms with E-state index in [-0.39, 0.29) is 11.8 Å². The summed E-state index contributed by atoms with van der Waals surface area (Å²) in [4.78, 5) is 21.5. The van der Waals surface area contributed by atoms with Crippen molar-refractivity contribution in [2.75, 3.05) is 0 Å². The van der Waals surface area contributed by atoms with Crippen LogP contribution in [0.15, 0.2) is 364 Å². The van der Waals surface area contributed by atoms with Crippen LogP contribution < -0.4 is 9.47 Å². The van der Waals surface area contributed by atoms with Crippen molar-refractivity contribution in [3.8, 4) is 135 Å². The van der Waals surface area contributed by atoms with E-state index in [2.05, 4.69) is 352 Å². The van der Waals surface area contributed by atoms with E-state index in [0.717, 1.165) is 124 Å². The Kier molecular flexibility index (Phi) is 13.0. The molecule has 4 heterocycles. The van der Waals surface area contributed by atoms with Gasteiger partial charge in [-0.2, -0.15) is 0 Å². The fraction of sp³-hybridized carbons (Fsp3) is 0.0392. The first kappa shape index (κ1) is 60.5. The molecule has 2 bridgehead atoms. The Labute approximate surface area is 625 Å². The molecule has 0 radical (unpaired) electrons. The van der Waals surface area contributed by atoms with Gasteiger partial charge in [-0.15, -0.1) is 0 Å². The fourth-order valence-corrected chi connectivity index (χ4v) is 19.2. The molecule has 0 saturated heterocycles. The lowest BCUT2D eigenvalue weighted by Crippen LogP contribution is -2.32. The minimum absolute atomic E-state index is 0.00120. The number of fused-ring (bicyclic) bond motifs is 18. The van der Waals surface area contributed by atoms with Gasteiger partial charge in [-0.25, -0.2) is 19.9 Å². The number of hydrogen-bond acceptors (Lipinski definition) is 6. The molecule has 24 rings (SSSR count). The maximum absolute atomic E-state index is 6.81. The standard InChI is InChI=1S/C102H62N4O2/c1-3-21-65(22-4-1)99-103-89(63-43-39-61(40-44-63)67-49-53-95-87(57-67)101(85-35-17-19-37-93(85)107-95)81-31-13-9-25-71(81)72-26-10-14-32-82(72)101)59-91(105-99)69-47-51-77-79(55-69)97-75-29-7-8-30-76(75)98(77)80-56-70(48-52-78(80)97)92-60-90(104-100(106-92)66-23-5-2-6-24-66)64-45-41-62(42-46-64)68-50-54-96-88(58-68)102(86-36-18-20-38-94(86)108-96)83-33-15-11-27-73(83)74-28-12-16-34-84(74)102/h1-60,97-98H. The van der Waals surface area contributed by atoms with Gasteiger partial charge in [-0.1, -0.05) is 303 Å². The maximum atomic E-state index is 6.81. The summed E-state index contributed by atoms with van der Waals surface area (Å²) < 4.78 is 13.6. The molecule has 6 nitrogen and oxygen atoms in total. The third-order valence-corrected chi connectivity index (χ3v) is 23.9. The smallest absolute Gasteiger partial charge is 0.160 e. The number of nitrogens with zero attached hydrogens (tertiary/aromatic N) is 4. The Balaban J connectivity index is 0.586. The topological polar surface area (TPSA) is 70.0 Å². The van der Waals surface area contributed by atoms with Crippen LogP contribution in [-0.4, -0.2) is 19.9 Å². The molecule has 5 aliphatic carbocycles. The highest BCUT2D eigenvalue weighted by molar-refractivity contribution is 5.92. The van der Waals surface area contributed by atoms with Gasteiger partial charge in [0.05, 0.1) is 33.6 Å². The summed E-state index contributed by atoms with van der Waals surface area (Å²) >= 11 is 0. The Morgan fingerprint density at radius 1 is 0.185 bits per heavy atom. The molecule has 2 unspecified atom stereocenters. The second-order valence-electron chi connectivity index (χ2n) is 29.3. The molecule has 2 spiro atoms. The molecule has 0 fully saturated rings. The first-order valence-electron chi connectivity index (χ1n) is 37.2. The SMILES string of the molecule is c1ccc(-c2nc(-c3ccc(-c4ccc5c(c4)C4(c6ccccc6O5)c5ccccc5-c5ccccc54)cc3)cc(-c3ccc4c(c3)C3c5ccccc5C4c4cc(-c5cc(-c6ccc(-c7ccc8c(c7)C7(c9ccccc9O8)c8ccccc8-c8ccccc87)cc6)nc(-c6ccccc6)n5)ccc43)n2)cc1. The number of para-hydroxylation sites is 2. The van der Waals surface area contributed by atoms with Gasteiger partial charge in [0, 0.05) is 67.5 Å². The number of rotatable bonds is 8. The second-order valence-corrected chi connectivity index (χ2v) is 29.3. The largest absolute Gasteiger partial charge is 0.457 e. The van der Waals surface area contributed by atoms with Crippen LogP contribution in [0.25, 0.3) is 112 Å². The van der Waals surface area contributed by atoms with Crippen molar-refractivity contribution in [2.24, 2.45) is 0 Å². The molecular formula is C102H62N4O2. The van der Waals surface area contributed by atoms with E-state index < -0.39 is 10.8 Å². The van der Waals surface area contributed by atoms with Gasteiger partial charge in [0.25, 0.3) is 0 Å². The van der Waals surface area contributed by atoms with Gasteiger partial charge >= 0.3 is 0 Å². The van der Waals surface area contributed by atoms with Crippen LogP contribution in [0.2, 0.25) is 0 Å². The third kappa shape index (κ3) is 8.77. The molecular weight excluding hydrogens is 1310 g/mol. The highest BCUT2D eigenvalue weighted by Crippen LogP contribution is 2.65. The summed E-state index contributed by atoms with van der Waals surface area (Å²) in [6, 6.07) is 132. The van der Waals surface area contributed by atoms with E-state index >= 15 is 0 Å². The van der Waals surface area contributed by atoms with E-state index in [1.165, 1.54) is 77.9 Å². The summed E-state index contributed by atoms with van der Waals surface area (Å²) in [7, 11) is 0. The van der Waals surface area contributed by atoms with Crippen molar-refractivity contribution >= 4 is 0 Å². The van der Waals surface area contributed by atoms with Crippen molar-refractivity contribution in [2.45, 2.75) is 22.7 Å². The van der Waals surface area contributed by atoms with Gasteiger partial charge in [0.1, 0.15) is 23.0 Å². The zero-order chi connectivity index (χ0) is 70.8. The third-order valence-electron chi connectivity index (χ3n) is 23.9. The molecule has 0 amide bonds. The van der Waals surface area contributed by atoms with Crippen LogP contribution in [0.4, 0.5) is 0 Å². The average Bonchev–Trinajstić information content (AvgIpc) is 1.56. The molecule has 17 aromatic rings. The van der Waals surface area contributed by atoms with Crippen molar-refractivity contribution in [1.29, 1.82) is 0 Å². The average molecular weight is 1380 g/mol. The molecule has 0 saturated carbocycles. The van der Waals surface area contributed by atoms with Gasteiger partial charge in [0.2, 0.25) is 0 Å². The molecule has 7 aliphatic rings. The van der Waals surface area contributed by atoms with Crippen LogP contribution >= 0.6 is 0 Å². The summed E-state index contributed by atoms with van der Waals surface area (Å²) in [6.07, 6.45) is 0. The van der Waals surface area contributed by atoms with Gasteiger partial charge < -0.3 is 9.47 Å². The normalized spacial score (nSPS) is 15.1. The summed E-state index contributed by atoms with van der Waals surface area (Å²) in [5.41, 5.74) is 35.4. The van der Waals surface area contributed by atoms with Crippen molar-refractivity contribution in [3.63, 3.8) is 0 Å². The van der Waals surface area contributed by atoms with Crippen LogP contribution in [0.3, 0.4) is 0 Å². The lowest BCUT2D eigenvalue weighted by molar-refractivity contribution is 0.436. The molecule has 502 valence electrons. The molecule has 108 heavy (non-hydrogen) atoms. The number of hydrogen-bond donors (Lipinski definition) is 0. The van der Waals surface area contributed by atoms with Crippen LogP contribution in [0.1, 0.15) is 89.7 Å². The van der Waals surface area contributed by atoms with E-state index in [1.807, 2.05) is 12.1 Å². The van der Waals surface area contributed by atoms with E-state index in [1.54, 1.807) is 0 Å². The minimum atomic E-state index is -0.554. The van der Waals surface area contributed by atoms with Crippen LogP contribution in [0.5, 0.6) is 23.0 Å². The van der Waals surface area contributed by atoms with Gasteiger partial charge in [-0.3, -0.25) is 0 Å². The van der Waals surface area contributed by atoms with Crippen molar-refractivity contribution in [1.82, 2.24) is 19.9 Å². The number of benzene rings is 15. The fourth-order valence-electron chi connectivity index (χ4n) is 19.2. The molecule has 6 heteroatoms. The summed E-state index contributed by atoms with van der Waals surface area (Å²) in [5, 5.41) is 0. The Morgan fingerprint density at radius 2 is 0.472 bits per heavy atom. The lowest BCUT2D eigenvalue weighted by Gasteiger charge is -2.42. The van der Waals surface area contributed by atoms with Gasteiger partial charge in [0.15, 0.2) is 11.6 Å². The predicted octanol–water partition coefficient (Wildman–Crippen LogP) is 24.5. The van der Waals surface area contributed by atoms with E-state index in [4.69, 9.17) is 29.4 Å². The lowest BCUT2D eigenvalue weighted by atomic mass is 9.60. The maximum Gasteiger partial charge on any atom is 0.160 e. The minimum Gasteiger partial charge on any atom is -0.457 e. The Hall–Kier alpha value is -13.9. The number of ether oxygens (including phenoxy) is 2.